The standard InChI is InChI=1S/C18H17N3O2S2/c1-3-15-19-11(2)16(25-15)18(23)21-13-7-4-6-12(10-13)20-17(22)14-8-5-9-24-14/h4-10H,3H2,1-2H3,(H,20,22)(H,21,23). The van der Waals surface area contributed by atoms with Gasteiger partial charge in [-0.05, 0) is 43.0 Å². The molecule has 2 amide bonds. The monoisotopic (exact) mass is 371 g/mol. The van der Waals surface area contributed by atoms with Crippen LogP contribution in [0.3, 0.4) is 0 Å². The van der Waals surface area contributed by atoms with E-state index in [4.69, 9.17) is 0 Å². The summed E-state index contributed by atoms with van der Waals surface area (Å²) in [7, 11) is 0. The number of aryl methyl sites for hydroxylation is 2. The fourth-order valence-electron chi connectivity index (χ4n) is 2.28. The van der Waals surface area contributed by atoms with Crippen molar-refractivity contribution in [1.82, 2.24) is 4.98 Å². The Kier molecular flexibility index (Phi) is 5.25. The van der Waals surface area contributed by atoms with E-state index < -0.39 is 0 Å². The van der Waals surface area contributed by atoms with E-state index in [9.17, 15) is 9.59 Å². The molecule has 0 radical (unpaired) electrons. The van der Waals surface area contributed by atoms with Gasteiger partial charge in [0.2, 0.25) is 0 Å². The molecule has 2 heterocycles. The molecule has 0 aliphatic heterocycles. The molecular formula is C18H17N3O2S2. The summed E-state index contributed by atoms with van der Waals surface area (Å²) in [5.74, 6) is -0.346. The molecule has 2 N–H and O–H groups in total. The fraction of sp³-hybridized carbons (Fsp3) is 0.167. The predicted molar refractivity (Wildman–Crippen MR) is 103 cm³/mol. The number of thiazole rings is 1. The normalized spacial score (nSPS) is 10.5. The fourth-order valence-corrected chi connectivity index (χ4v) is 3.80. The van der Waals surface area contributed by atoms with Gasteiger partial charge < -0.3 is 10.6 Å². The Morgan fingerprint density at radius 2 is 1.80 bits per heavy atom. The predicted octanol–water partition coefficient (Wildman–Crippen LogP) is 4.58. The molecule has 0 atom stereocenters. The summed E-state index contributed by atoms with van der Waals surface area (Å²) in [5, 5.41) is 8.50. The Morgan fingerprint density at radius 1 is 1.08 bits per heavy atom. The third kappa shape index (κ3) is 4.12. The summed E-state index contributed by atoms with van der Waals surface area (Å²) >= 11 is 2.79. The van der Waals surface area contributed by atoms with Crippen LogP contribution in [0.4, 0.5) is 11.4 Å². The van der Waals surface area contributed by atoms with E-state index in [2.05, 4.69) is 15.6 Å². The van der Waals surface area contributed by atoms with E-state index in [0.29, 0.717) is 21.1 Å². The highest BCUT2D eigenvalue weighted by Gasteiger charge is 2.15. The Morgan fingerprint density at radius 3 is 2.40 bits per heavy atom. The molecule has 5 nitrogen and oxygen atoms in total. The van der Waals surface area contributed by atoms with Crippen molar-refractivity contribution in [2.45, 2.75) is 20.3 Å². The maximum Gasteiger partial charge on any atom is 0.267 e. The van der Waals surface area contributed by atoms with E-state index >= 15 is 0 Å². The van der Waals surface area contributed by atoms with Crippen LogP contribution in [0, 0.1) is 6.92 Å². The second-order valence-corrected chi connectivity index (χ2v) is 7.37. The molecular weight excluding hydrogens is 354 g/mol. The van der Waals surface area contributed by atoms with Crippen LogP contribution in [0.15, 0.2) is 41.8 Å². The molecule has 7 heteroatoms. The first-order valence-electron chi connectivity index (χ1n) is 7.79. The summed E-state index contributed by atoms with van der Waals surface area (Å²) in [5.41, 5.74) is 1.99. The average Bonchev–Trinajstić information content (AvgIpc) is 3.24. The largest absolute Gasteiger partial charge is 0.321 e. The molecule has 0 spiro atoms. The van der Waals surface area contributed by atoms with E-state index in [0.717, 1.165) is 17.1 Å². The molecule has 3 rings (SSSR count). The first kappa shape index (κ1) is 17.3. The highest BCUT2D eigenvalue weighted by Crippen LogP contribution is 2.22. The van der Waals surface area contributed by atoms with Crippen LogP contribution in [-0.4, -0.2) is 16.8 Å². The van der Waals surface area contributed by atoms with E-state index in [-0.39, 0.29) is 11.8 Å². The SMILES string of the molecule is CCc1nc(C)c(C(=O)Nc2cccc(NC(=O)c3cccs3)c2)s1. The molecule has 0 aliphatic carbocycles. The van der Waals surface area contributed by atoms with Crippen LogP contribution in [-0.2, 0) is 6.42 Å². The number of hydrogen-bond donors (Lipinski definition) is 2. The van der Waals surface area contributed by atoms with E-state index in [1.54, 1.807) is 30.3 Å². The van der Waals surface area contributed by atoms with Gasteiger partial charge in [0.05, 0.1) is 15.6 Å². The summed E-state index contributed by atoms with van der Waals surface area (Å²) in [4.78, 5) is 30.2. The van der Waals surface area contributed by atoms with Crippen LogP contribution >= 0.6 is 22.7 Å². The van der Waals surface area contributed by atoms with Crippen molar-refractivity contribution >= 4 is 45.9 Å². The van der Waals surface area contributed by atoms with Gasteiger partial charge >= 0.3 is 0 Å². The molecule has 1 aromatic carbocycles. The van der Waals surface area contributed by atoms with Gasteiger partial charge in [0.25, 0.3) is 11.8 Å². The van der Waals surface area contributed by atoms with Gasteiger partial charge in [-0.3, -0.25) is 9.59 Å². The zero-order chi connectivity index (χ0) is 17.8. The zero-order valence-electron chi connectivity index (χ0n) is 13.8. The smallest absolute Gasteiger partial charge is 0.267 e. The Balaban J connectivity index is 1.72. The van der Waals surface area contributed by atoms with Crippen molar-refractivity contribution in [3.8, 4) is 0 Å². The molecule has 0 unspecified atom stereocenters. The van der Waals surface area contributed by atoms with Gasteiger partial charge in [-0.2, -0.15) is 0 Å². The molecule has 0 saturated heterocycles. The molecule has 0 bridgehead atoms. The van der Waals surface area contributed by atoms with Crippen LogP contribution in [0.5, 0.6) is 0 Å². The third-order valence-corrected chi connectivity index (χ3v) is 5.64. The minimum Gasteiger partial charge on any atom is -0.321 e. The van der Waals surface area contributed by atoms with Crippen LogP contribution in [0.1, 0.15) is 37.0 Å². The van der Waals surface area contributed by atoms with Crippen molar-refractivity contribution in [3.05, 3.63) is 62.2 Å². The molecule has 2 aromatic heterocycles. The first-order chi connectivity index (χ1) is 12.1. The molecule has 25 heavy (non-hydrogen) atoms. The van der Waals surface area contributed by atoms with Gasteiger partial charge in [-0.1, -0.05) is 19.1 Å². The minimum atomic E-state index is -0.184. The molecule has 128 valence electrons. The Labute approximate surface area is 153 Å². The number of benzene rings is 1. The van der Waals surface area contributed by atoms with Gasteiger partial charge in [-0.15, -0.1) is 22.7 Å². The number of carbonyl (C=O) groups is 2. The van der Waals surface area contributed by atoms with Gasteiger partial charge in [-0.25, -0.2) is 4.98 Å². The van der Waals surface area contributed by atoms with Crippen molar-refractivity contribution in [3.63, 3.8) is 0 Å². The number of thiophene rings is 1. The van der Waals surface area contributed by atoms with Crippen molar-refractivity contribution in [2.75, 3.05) is 10.6 Å². The van der Waals surface area contributed by atoms with Gasteiger partial charge in [0, 0.05) is 11.4 Å². The van der Waals surface area contributed by atoms with Crippen molar-refractivity contribution in [2.24, 2.45) is 0 Å². The number of amides is 2. The maximum absolute atomic E-state index is 12.5. The van der Waals surface area contributed by atoms with Crippen molar-refractivity contribution < 1.29 is 9.59 Å². The number of anilines is 2. The average molecular weight is 371 g/mol. The number of aromatic nitrogens is 1. The lowest BCUT2D eigenvalue weighted by Crippen LogP contribution is -2.13. The highest BCUT2D eigenvalue weighted by molar-refractivity contribution is 7.14. The number of rotatable bonds is 5. The number of carbonyl (C=O) groups excluding carboxylic acids is 2. The van der Waals surface area contributed by atoms with E-state index in [1.807, 2.05) is 25.3 Å². The van der Waals surface area contributed by atoms with Crippen LogP contribution < -0.4 is 10.6 Å². The lowest BCUT2D eigenvalue weighted by Gasteiger charge is -2.08. The second kappa shape index (κ2) is 7.58. The van der Waals surface area contributed by atoms with E-state index in [1.165, 1.54) is 22.7 Å². The topological polar surface area (TPSA) is 71.1 Å². The molecule has 0 fully saturated rings. The summed E-state index contributed by atoms with van der Waals surface area (Å²) in [6.45, 7) is 3.85. The van der Waals surface area contributed by atoms with Crippen LogP contribution in [0.25, 0.3) is 0 Å². The quantitative estimate of drug-likeness (QED) is 0.689. The Bertz CT molecular complexity index is 901. The summed E-state index contributed by atoms with van der Waals surface area (Å²) in [6, 6.07) is 10.7. The molecule has 0 saturated carbocycles. The molecule has 0 aliphatic rings. The highest BCUT2D eigenvalue weighted by atomic mass is 32.1. The van der Waals surface area contributed by atoms with Gasteiger partial charge in [0.15, 0.2) is 0 Å². The summed E-state index contributed by atoms with van der Waals surface area (Å²) < 4.78 is 0. The van der Waals surface area contributed by atoms with Crippen LogP contribution in [0.2, 0.25) is 0 Å². The lowest BCUT2D eigenvalue weighted by molar-refractivity contribution is 0.102. The Hall–Kier alpha value is -2.51. The third-order valence-electron chi connectivity index (χ3n) is 3.47. The number of hydrogen-bond acceptors (Lipinski definition) is 5. The van der Waals surface area contributed by atoms with Gasteiger partial charge in [0.1, 0.15) is 4.88 Å². The number of nitrogens with one attached hydrogen (secondary N) is 2. The minimum absolute atomic E-state index is 0.163. The first-order valence-corrected chi connectivity index (χ1v) is 9.49. The summed E-state index contributed by atoms with van der Waals surface area (Å²) in [6.07, 6.45) is 0.809. The number of nitrogens with zero attached hydrogens (tertiary/aromatic N) is 1. The van der Waals surface area contributed by atoms with Crippen molar-refractivity contribution in [1.29, 1.82) is 0 Å². The lowest BCUT2D eigenvalue weighted by atomic mass is 10.2. The second-order valence-electron chi connectivity index (χ2n) is 5.34. The maximum atomic E-state index is 12.5. The zero-order valence-corrected chi connectivity index (χ0v) is 15.5. The molecule has 3 aromatic rings.